The van der Waals surface area contributed by atoms with Crippen molar-refractivity contribution in [3.63, 3.8) is 0 Å². The van der Waals surface area contributed by atoms with Crippen LogP contribution in [0, 0.1) is 12.8 Å². The van der Waals surface area contributed by atoms with Crippen molar-refractivity contribution in [2.45, 2.75) is 65.0 Å². The Kier molecular flexibility index (Phi) is 6.99. The van der Waals surface area contributed by atoms with Crippen molar-refractivity contribution in [2.24, 2.45) is 13.0 Å². The third-order valence-corrected chi connectivity index (χ3v) is 6.01. The summed E-state index contributed by atoms with van der Waals surface area (Å²) in [6.07, 6.45) is 4.31. The van der Waals surface area contributed by atoms with Crippen LogP contribution in [-0.2, 0) is 18.4 Å². The van der Waals surface area contributed by atoms with Gasteiger partial charge in [0.25, 0.3) is 0 Å². The molecule has 3 aromatic heterocycles. The summed E-state index contributed by atoms with van der Waals surface area (Å²) in [5.74, 6) is 0.984. The van der Waals surface area contributed by atoms with Gasteiger partial charge in [0.1, 0.15) is 23.6 Å². The number of pyridine rings is 1. The van der Waals surface area contributed by atoms with Crippen LogP contribution in [-0.4, -0.2) is 52.1 Å². The maximum absolute atomic E-state index is 11.3. The molecule has 1 aliphatic carbocycles. The second kappa shape index (κ2) is 10.1. The van der Waals surface area contributed by atoms with Crippen molar-refractivity contribution >= 4 is 11.9 Å². The normalized spacial score (nSPS) is 18.1. The Balaban J connectivity index is 1.48. The number of hydrogen-bond donors (Lipinski definition) is 2. The minimum atomic E-state index is -0.750. The molecule has 1 saturated carbocycles. The summed E-state index contributed by atoms with van der Waals surface area (Å²) in [5.41, 5.74) is 2.90. The second-order valence-electron chi connectivity index (χ2n) is 8.91. The van der Waals surface area contributed by atoms with E-state index in [1.165, 1.54) is 6.33 Å². The monoisotopic (exact) mass is 466 g/mol. The van der Waals surface area contributed by atoms with E-state index in [2.05, 4.69) is 30.6 Å². The summed E-state index contributed by atoms with van der Waals surface area (Å²) < 4.78 is 7.82. The minimum Gasteiger partial charge on any atom is -0.489 e. The minimum absolute atomic E-state index is 0.117. The second-order valence-corrected chi connectivity index (χ2v) is 8.91. The Morgan fingerprint density at radius 3 is 2.82 bits per heavy atom. The molecule has 11 nitrogen and oxygen atoms in total. The molecular formula is C23H30N8O3. The summed E-state index contributed by atoms with van der Waals surface area (Å²) in [5, 5.41) is 21.0. The molecule has 11 heteroatoms. The van der Waals surface area contributed by atoms with Gasteiger partial charge in [0.05, 0.1) is 35.6 Å². The Morgan fingerprint density at radius 2 is 2.09 bits per heavy atom. The summed E-state index contributed by atoms with van der Waals surface area (Å²) in [6, 6.07) is 3.72. The molecule has 1 fully saturated rings. The van der Waals surface area contributed by atoms with Gasteiger partial charge in [0.2, 0.25) is 5.95 Å². The van der Waals surface area contributed by atoms with Gasteiger partial charge in [0, 0.05) is 13.0 Å². The lowest BCUT2D eigenvalue weighted by molar-refractivity contribution is -0.143. The zero-order valence-electron chi connectivity index (χ0n) is 19.9. The fourth-order valence-corrected chi connectivity index (χ4v) is 4.07. The number of anilines is 1. The summed E-state index contributed by atoms with van der Waals surface area (Å²) >= 11 is 0. The van der Waals surface area contributed by atoms with E-state index in [-0.39, 0.29) is 17.9 Å². The Morgan fingerprint density at radius 1 is 1.26 bits per heavy atom. The first-order valence-corrected chi connectivity index (χ1v) is 11.5. The van der Waals surface area contributed by atoms with Gasteiger partial charge in [-0.2, -0.15) is 4.98 Å². The fraction of sp³-hybridized carbons (Fsp3) is 0.522. The number of carboxylic acids is 1. The third-order valence-electron chi connectivity index (χ3n) is 6.01. The van der Waals surface area contributed by atoms with Crippen LogP contribution < -0.4 is 10.1 Å². The zero-order valence-corrected chi connectivity index (χ0v) is 19.9. The van der Waals surface area contributed by atoms with Gasteiger partial charge in [0.15, 0.2) is 0 Å². The van der Waals surface area contributed by atoms with E-state index in [4.69, 9.17) is 9.72 Å². The van der Waals surface area contributed by atoms with Gasteiger partial charge in [-0.25, -0.2) is 19.6 Å². The number of nitrogens with one attached hydrogen (secondary N) is 1. The molecule has 0 unspecified atom stereocenters. The number of ether oxygens (including phenoxy) is 1. The van der Waals surface area contributed by atoms with Crippen LogP contribution in [0.3, 0.4) is 0 Å². The molecule has 1 aliphatic rings. The molecule has 0 bridgehead atoms. The molecule has 3 aromatic rings. The molecule has 0 aromatic carbocycles. The van der Waals surface area contributed by atoms with Crippen molar-refractivity contribution in [1.29, 1.82) is 0 Å². The van der Waals surface area contributed by atoms with E-state index in [0.29, 0.717) is 42.5 Å². The van der Waals surface area contributed by atoms with Crippen LogP contribution in [0.25, 0.3) is 11.4 Å². The highest BCUT2D eigenvalue weighted by Crippen LogP contribution is 2.30. The molecule has 34 heavy (non-hydrogen) atoms. The summed E-state index contributed by atoms with van der Waals surface area (Å²) in [4.78, 5) is 28.9. The zero-order chi connectivity index (χ0) is 24.2. The van der Waals surface area contributed by atoms with Crippen molar-refractivity contribution in [3.05, 3.63) is 35.7 Å². The molecule has 2 atom stereocenters. The number of nitrogens with zero attached hydrogens (tertiary/aromatic N) is 7. The highest BCUT2D eigenvalue weighted by atomic mass is 16.5. The Labute approximate surface area is 198 Å². The molecule has 180 valence electrons. The summed E-state index contributed by atoms with van der Waals surface area (Å²) in [7, 11) is 1.83. The van der Waals surface area contributed by atoms with E-state index in [9.17, 15) is 9.90 Å². The average molecular weight is 467 g/mol. The van der Waals surface area contributed by atoms with Crippen molar-refractivity contribution < 1.29 is 14.6 Å². The van der Waals surface area contributed by atoms with Gasteiger partial charge in [-0.3, -0.25) is 4.79 Å². The van der Waals surface area contributed by atoms with E-state index in [0.717, 1.165) is 30.1 Å². The number of aryl methyl sites for hydroxylation is 2. The predicted octanol–water partition coefficient (Wildman–Crippen LogP) is 3.13. The quantitative estimate of drug-likeness (QED) is 0.508. The van der Waals surface area contributed by atoms with E-state index < -0.39 is 5.97 Å². The predicted molar refractivity (Wildman–Crippen MR) is 124 cm³/mol. The average Bonchev–Trinajstić information content (AvgIpc) is 3.19. The maximum Gasteiger partial charge on any atom is 0.306 e. The lowest BCUT2D eigenvalue weighted by atomic mass is 9.87. The number of carboxylic acid groups (broad SMARTS) is 1. The van der Waals surface area contributed by atoms with Crippen LogP contribution in [0.2, 0.25) is 0 Å². The van der Waals surface area contributed by atoms with E-state index in [1.54, 1.807) is 4.68 Å². The molecule has 2 N–H and O–H groups in total. The van der Waals surface area contributed by atoms with Crippen LogP contribution in [0.5, 0.6) is 5.75 Å². The first-order chi connectivity index (χ1) is 16.3. The molecule has 0 amide bonds. The highest BCUT2D eigenvalue weighted by Gasteiger charge is 2.28. The van der Waals surface area contributed by atoms with Crippen LogP contribution in [0.1, 0.15) is 62.7 Å². The van der Waals surface area contributed by atoms with Gasteiger partial charge < -0.3 is 15.2 Å². The Hall–Kier alpha value is -3.63. The molecule has 4 rings (SSSR count). The third kappa shape index (κ3) is 5.29. The molecule has 3 heterocycles. The summed E-state index contributed by atoms with van der Waals surface area (Å²) in [6.45, 7) is 6.35. The van der Waals surface area contributed by atoms with Gasteiger partial charge in [-0.05, 0) is 44.7 Å². The molecule has 0 radical (unpaired) electrons. The van der Waals surface area contributed by atoms with Crippen LogP contribution >= 0.6 is 0 Å². The first kappa shape index (κ1) is 23.5. The lowest BCUT2D eigenvalue weighted by Gasteiger charge is -2.27. The van der Waals surface area contributed by atoms with Crippen molar-refractivity contribution in [3.8, 4) is 17.1 Å². The van der Waals surface area contributed by atoms with Gasteiger partial charge in [-0.1, -0.05) is 19.1 Å². The lowest BCUT2D eigenvalue weighted by Crippen LogP contribution is -2.29. The molecule has 0 aliphatic heterocycles. The largest absolute Gasteiger partial charge is 0.489 e. The fourth-order valence-electron chi connectivity index (χ4n) is 4.07. The van der Waals surface area contributed by atoms with Gasteiger partial charge in [-0.15, -0.1) is 5.10 Å². The first-order valence-electron chi connectivity index (χ1n) is 11.5. The smallest absolute Gasteiger partial charge is 0.306 e. The van der Waals surface area contributed by atoms with E-state index in [1.807, 2.05) is 40.0 Å². The van der Waals surface area contributed by atoms with Crippen molar-refractivity contribution in [1.82, 2.24) is 34.9 Å². The molecule has 0 saturated heterocycles. The number of carbonyl (C=O) groups is 1. The molecular weight excluding hydrogens is 436 g/mol. The number of rotatable bonds is 8. The number of aromatic nitrogens is 7. The number of aliphatic carboxylic acids is 1. The Bertz CT molecular complexity index is 1160. The highest BCUT2D eigenvalue weighted by molar-refractivity contribution is 5.70. The van der Waals surface area contributed by atoms with Crippen molar-refractivity contribution in [2.75, 3.05) is 5.32 Å². The molecule has 0 spiro atoms. The maximum atomic E-state index is 11.3. The van der Waals surface area contributed by atoms with Crippen LogP contribution in [0.4, 0.5) is 5.95 Å². The topological polar surface area (TPSA) is 141 Å². The number of hydrogen-bond acceptors (Lipinski definition) is 9. The van der Waals surface area contributed by atoms with Crippen LogP contribution in [0.15, 0.2) is 18.5 Å². The SMILES string of the molecule is Cc1nc(-c2nnn(C)c2CNc2ncnc(C(C)C)n2)ccc1O[C@H]1CCC[C@H](C(=O)O)C1. The standard InChI is InChI=1S/C23H30N8O3/c1-13(2)21-25-12-26-23(28-21)24-11-18-20(29-30-31(18)4)17-8-9-19(14(3)27-17)34-16-7-5-6-15(10-16)22(32)33/h8-9,12-13,15-16H,5-7,10-11H2,1-4H3,(H,32,33)(H,24,25,26,28)/t15-,16-/m0/s1. The van der Waals surface area contributed by atoms with Gasteiger partial charge >= 0.3 is 5.97 Å². The van der Waals surface area contributed by atoms with E-state index >= 15 is 0 Å².